The lowest BCUT2D eigenvalue weighted by molar-refractivity contribution is -0.584. The first-order valence-electron chi connectivity index (χ1n) is 19.6. The predicted octanol–water partition coefficient (Wildman–Crippen LogP) is 6.30. The number of carbonyl (C=O) groups is 3. The van der Waals surface area contributed by atoms with E-state index in [4.69, 9.17) is 18.9 Å². The van der Waals surface area contributed by atoms with Crippen molar-refractivity contribution in [3.8, 4) is 0 Å². The zero-order valence-corrected chi connectivity index (χ0v) is 33.7. The number of aliphatic hydroxyl groups is 2. The molecule has 4 aliphatic carbocycles. The largest absolute Gasteiger partial charge is 0.511 e. The summed E-state index contributed by atoms with van der Waals surface area (Å²) in [5.41, 5.74) is -2.19. The van der Waals surface area contributed by atoms with Crippen LogP contribution in [-0.4, -0.2) is 81.9 Å². The van der Waals surface area contributed by atoms with Crippen molar-refractivity contribution in [3.05, 3.63) is 68.5 Å². The van der Waals surface area contributed by atoms with Crippen LogP contribution in [0.3, 0.4) is 0 Å². The molecule has 13 nitrogen and oxygen atoms in total. The van der Waals surface area contributed by atoms with Gasteiger partial charge in [-0.2, -0.15) is 0 Å². The fourth-order valence-corrected chi connectivity index (χ4v) is 11.0. The van der Waals surface area contributed by atoms with Crippen LogP contribution in [0.25, 0.3) is 0 Å². The maximum Gasteiger partial charge on any atom is 0.407 e. The van der Waals surface area contributed by atoms with E-state index in [-0.39, 0.29) is 53.8 Å². The van der Waals surface area contributed by atoms with E-state index >= 15 is 0 Å². The number of fused-ring (bicyclic) bond motifs is 4. The Morgan fingerprint density at radius 3 is 2.35 bits per heavy atom. The Kier molecular flexibility index (Phi) is 10.8. The topological polar surface area (TPSA) is 184 Å². The fourth-order valence-electron chi connectivity index (χ4n) is 11.0. The number of methoxy groups -OCH3 is 1. The van der Waals surface area contributed by atoms with Crippen LogP contribution < -0.4 is 5.32 Å². The van der Waals surface area contributed by atoms with Crippen molar-refractivity contribution < 1.29 is 48.5 Å². The van der Waals surface area contributed by atoms with Gasteiger partial charge in [0, 0.05) is 41.4 Å². The van der Waals surface area contributed by atoms with Gasteiger partial charge in [0.15, 0.2) is 11.9 Å². The molecule has 3 fully saturated rings. The number of nitrogens with one attached hydrogen (secondary N) is 1. The number of nitro groups is 1. The lowest BCUT2D eigenvalue weighted by Gasteiger charge is -2.55. The molecule has 2 bridgehead atoms. The molecule has 0 radical (unpaired) electrons. The third-order valence-electron chi connectivity index (χ3n) is 14.2. The molecule has 0 aromatic heterocycles. The van der Waals surface area contributed by atoms with Gasteiger partial charge in [-0.1, -0.05) is 69.2 Å². The summed E-state index contributed by atoms with van der Waals surface area (Å²) in [6.45, 7) is 16.9. The first-order chi connectivity index (χ1) is 25.7. The Hall–Kier alpha value is -3.81. The van der Waals surface area contributed by atoms with E-state index in [1.54, 1.807) is 6.92 Å². The molecule has 1 saturated carbocycles. The smallest absolute Gasteiger partial charge is 0.407 e. The SMILES string of the molecule is COC(=O)N[C@H]1[C@@H](C)O[C@@H](O[C@H]2C/C=C(\C)[C@@H]3C=C[C@@H]4[C@@H](O)[C@@H](C)C[C@H](C)[C@H]4[C@]3(C)/C(O)=C3/C(=O)O[C@]4(C[C@@H](C)C(C)=C[C@H]4C=C2C)C3=O)C[C@]1(C)[N+](=O)[O-]. The summed E-state index contributed by atoms with van der Waals surface area (Å²) in [6.07, 6.45) is 6.84. The van der Waals surface area contributed by atoms with Gasteiger partial charge in [-0.3, -0.25) is 14.9 Å². The summed E-state index contributed by atoms with van der Waals surface area (Å²) in [4.78, 5) is 53.4. The molecule has 0 aromatic rings. The number of Topliss-reactive ketones (excluding diaryl/α,β-unsaturated/α-hetero) is 1. The molecule has 55 heavy (non-hydrogen) atoms. The Labute approximate surface area is 323 Å². The van der Waals surface area contributed by atoms with Crippen LogP contribution in [0.5, 0.6) is 0 Å². The average molecular weight is 767 g/mol. The van der Waals surface area contributed by atoms with Crippen molar-refractivity contribution in [1.82, 2.24) is 5.32 Å². The molecule has 1 spiro atoms. The summed E-state index contributed by atoms with van der Waals surface area (Å²) < 4.78 is 23.9. The van der Waals surface area contributed by atoms with Gasteiger partial charge in [0.25, 0.3) is 0 Å². The highest BCUT2D eigenvalue weighted by Crippen LogP contribution is 2.60. The number of hydrogen-bond acceptors (Lipinski definition) is 11. The number of ether oxygens (including phenoxy) is 4. The Morgan fingerprint density at radius 2 is 1.69 bits per heavy atom. The van der Waals surface area contributed by atoms with Crippen LogP contribution in [0.15, 0.2) is 58.4 Å². The number of carbonyl (C=O) groups excluding carboxylic acids is 3. The maximum atomic E-state index is 14.9. The molecule has 1 amide bonds. The minimum atomic E-state index is -1.67. The molecular formula is C42H58N2O11. The molecule has 6 rings (SSSR count). The van der Waals surface area contributed by atoms with Crippen molar-refractivity contribution in [2.24, 2.45) is 46.8 Å². The minimum absolute atomic E-state index is 0.0171. The van der Waals surface area contributed by atoms with E-state index in [0.29, 0.717) is 18.4 Å². The third kappa shape index (κ3) is 6.57. The monoisotopic (exact) mass is 766 g/mol. The highest BCUT2D eigenvalue weighted by atomic mass is 16.7. The van der Waals surface area contributed by atoms with E-state index in [1.165, 1.54) is 14.0 Å². The van der Waals surface area contributed by atoms with Crippen molar-refractivity contribution >= 4 is 17.8 Å². The van der Waals surface area contributed by atoms with E-state index < -0.39 is 81.8 Å². The van der Waals surface area contributed by atoms with E-state index in [2.05, 4.69) is 12.2 Å². The molecule has 302 valence electrons. The summed E-state index contributed by atoms with van der Waals surface area (Å²) in [5.74, 6) is -3.57. The van der Waals surface area contributed by atoms with Gasteiger partial charge in [0.05, 0.1) is 31.8 Å². The highest BCUT2D eigenvalue weighted by Gasteiger charge is 2.63. The predicted molar refractivity (Wildman–Crippen MR) is 202 cm³/mol. The van der Waals surface area contributed by atoms with Gasteiger partial charge in [0.2, 0.25) is 11.3 Å². The Balaban J connectivity index is 1.49. The summed E-state index contributed by atoms with van der Waals surface area (Å²) in [6, 6.07) is -1.01. The number of rotatable bonds is 4. The number of aliphatic hydroxyl groups excluding tert-OH is 2. The molecule has 6 aliphatic rings. The van der Waals surface area contributed by atoms with Crippen LogP contribution in [-0.2, 0) is 28.5 Å². The molecule has 2 aliphatic heterocycles. The summed E-state index contributed by atoms with van der Waals surface area (Å²) in [5, 5.41) is 39.2. The lowest BCUT2D eigenvalue weighted by Crippen LogP contribution is -2.65. The number of hydrogen-bond donors (Lipinski definition) is 3. The van der Waals surface area contributed by atoms with Crippen molar-refractivity contribution in [2.45, 2.75) is 130 Å². The van der Waals surface area contributed by atoms with Crippen LogP contribution in [0.1, 0.15) is 88.0 Å². The number of esters is 1. The second-order valence-electron chi connectivity index (χ2n) is 17.7. The van der Waals surface area contributed by atoms with Crippen LogP contribution in [0.2, 0.25) is 0 Å². The zero-order chi connectivity index (χ0) is 40.5. The van der Waals surface area contributed by atoms with Crippen LogP contribution >= 0.6 is 0 Å². The third-order valence-corrected chi connectivity index (χ3v) is 14.2. The van der Waals surface area contributed by atoms with Crippen molar-refractivity contribution in [1.29, 1.82) is 0 Å². The Bertz CT molecular complexity index is 1780. The standard InChI is InChI=1S/C42H58N2O11/c1-20-11-14-30(54-31-19-40(8,44(50)51)35(26(7)53-31)43-39(49)52-10)22(3)17-27-16-21(2)25(6)18-42(27)37(47)32(38(48)55-42)36(46)41(9)29(20)13-12-28-33(41)23(4)15-24(5)34(28)45/h11-13,16-17,23-31,33-35,45-46H,14-15,18-19H2,1-10H3,(H,43,49)/b20-11+,22-17?,36-32-/t23-,24-,25+,26+,27-,28-,29-,30-,31-,33+,34-,35-,40-,41+,42-/m0/s1. The van der Waals surface area contributed by atoms with E-state index in [1.807, 2.05) is 71.9 Å². The molecule has 2 saturated heterocycles. The first kappa shape index (κ1) is 40.8. The molecule has 3 N–H and O–H groups in total. The second-order valence-corrected chi connectivity index (χ2v) is 17.7. The van der Waals surface area contributed by atoms with Gasteiger partial charge in [0.1, 0.15) is 17.4 Å². The van der Waals surface area contributed by atoms with Crippen LogP contribution in [0.4, 0.5) is 4.79 Å². The van der Waals surface area contributed by atoms with Gasteiger partial charge < -0.3 is 34.5 Å². The molecule has 0 unspecified atom stereocenters. The fraction of sp³-hybridized carbons (Fsp3) is 0.690. The van der Waals surface area contributed by atoms with Crippen LogP contribution in [0, 0.1) is 57.0 Å². The summed E-state index contributed by atoms with van der Waals surface area (Å²) in [7, 11) is 1.19. The van der Waals surface area contributed by atoms with Gasteiger partial charge in [-0.05, 0) is 69.8 Å². The molecule has 2 heterocycles. The normalized spacial score (nSPS) is 46.8. The zero-order valence-electron chi connectivity index (χ0n) is 33.7. The first-order valence-corrected chi connectivity index (χ1v) is 19.6. The quantitative estimate of drug-likeness (QED) is 0.0959. The number of nitrogens with zero attached hydrogens (tertiary/aromatic N) is 1. The maximum absolute atomic E-state index is 14.9. The molecular weight excluding hydrogens is 708 g/mol. The van der Waals surface area contributed by atoms with Crippen molar-refractivity contribution in [2.75, 3.05) is 7.11 Å². The second kappa shape index (κ2) is 14.6. The number of ketones is 1. The van der Waals surface area contributed by atoms with Gasteiger partial charge in [-0.15, -0.1) is 0 Å². The van der Waals surface area contributed by atoms with Gasteiger partial charge in [-0.25, -0.2) is 9.59 Å². The average Bonchev–Trinajstić information content (AvgIpc) is 3.36. The number of amides is 1. The Morgan fingerprint density at radius 1 is 1.02 bits per heavy atom. The van der Waals surface area contributed by atoms with Gasteiger partial charge >= 0.3 is 12.1 Å². The van der Waals surface area contributed by atoms with Crippen molar-refractivity contribution in [3.63, 3.8) is 0 Å². The highest BCUT2D eigenvalue weighted by molar-refractivity contribution is 6.26. The molecule has 0 aromatic carbocycles. The summed E-state index contributed by atoms with van der Waals surface area (Å²) >= 11 is 0. The number of allylic oxidation sites excluding steroid dienone is 4. The minimum Gasteiger partial charge on any atom is -0.511 e. The lowest BCUT2D eigenvalue weighted by atomic mass is 9.49. The number of alkyl carbamates (subject to hydrolysis) is 1. The van der Waals surface area contributed by atoms with E-state index in [0.717, 1.165) is 11.1 Å². The van der Waals surface area contributed by atoms with E-state index in [9.17, 15) is 34.7 Å². The molecule has 15 atom stereocenters. The molecule has 13 heteroatoms.